The largest absolute Gasteiger partial charge is 0.493 e. The summed E-state index contributed by atoms with van der Waals surface area (Å²) in [5.41, 5.74) is 3.65. The number of methoxy groups -OCH3 is 2. The number of Topliss-reactive ketones (excluding diaryl/α,β-unsaturated/α-hetero) is 1. The minimum atomic E-state index is -0.0623. The highest BCUT2D eigenvalue weighted by Crippen LogP contribution is 2.47. The first-order chi connectivity index (χ1) is 14.5. The second-order valence-corrected chi connectivity index (χ2v) is 7.89. The number of ketones is 1. The van der Waals surface area contributed by atoms with E-state index in [0.29, 0.717) is 42.6 Å². The Morgan fingerprint density at radius 1 is 1.03 bits per heavy atom. The van der Waals surface area contributed by atoms with Gasteiger partial charge in [-0.1, -0.05) is 18.2 Å². The highest BCUT2D eigenvalue weighted by molar-refractivity contribution is 6.02. The van der Waals surface area contributed by atoms with Crippen molar-refractivity contribution in [3.63, 3.8) is 0 Å². The van der Waals surface area contributed by atoms with Gasteiger partial charge in [-0.15, -0.1) is 0 Å². The number of fused-ring (bicyclic) bond motifs is 1. The zero-order valence-electron chi connectivity index (χ0n) is 17.6. The molecule has 1 saturated carbocycles. The number of carbonyl (C=O) groups excluding carboxylic acids is 2. The van der Waals surface area contributed by atoms with Crippen molar-refractivity contribution in [1.82, 2.24) is 5.32 Å². The summed E-state index contributed by atoms with van der Waals surface area (Å²) in [5.74, 6) is 2.20. The third-order valence-corrected chi connectivity index (χ3v) is 5.86. The van der Waals surface area contributed by atoms with Crippen molar-refractivity contribution in [2.24, 2.45) is 5.92 Å². The van der Waals surface area contributed by atoms with Crippen molar-refractivity contribution >= 4 is 11.7 Å². The Bertz CT molecular complexity index is 980. The molecule has 0 saturated heterocycles. The van der Waals surface area contributed by atoms with Gasteiger partial charge in [-0.2, -0.15) is 0 Å². The van der Waals surface area contributed by atoms with E-state index >= 15 is 0 Å². The topological polar surface area (TPSA) is 73.9 Å². The number of amides is 1. The minimum absolute atomic E-state index is 0.0469. The fraction of sp³-hybridized carbons (Fsp3) is 0.417. The fourth-order valence-corrected chi connectivity index (χ4v) is 4.23. The smallest absolute Gasteiger partial charge is 0.217 e. The van der Waals surface area contributed by atoms with E-state index in [1.807, 2.05) is 30.3 Å². The lowest BCUT2D eigenvalue weighted by atomic mass is 9.95. The Kier molecular flexibility index (Phi) is 5.66. The van der Waals surface area contributed by atoms with Gasteiger partial charge < -0.3 is 19.5 Å². The molecule has 0 heterocycles. The minimum Gasteiger partial charge on any atom is -0.493 e. The standard InChI is InChI=1S/C24H27NO5/c1-14(26)25-20(15-7-8-15)13-30-23-19(10-12-22(28-2)24(23)29-3)16-5-4-6-18-17(16)9-11-21(18)27/h4-6,10,12,15,20H,7-9,11,13H2,1-3H3,(H,25,26). The van der Waals surface area contributed by atoms with Crippen LogP contribution in [0.5, 0.6) is 17.2 Å². The van der Waals surface area contributed by atoms with Gasteiger partial charge in [0.25, 0.3) is 0 Å². The molecule has 1 amide bonds. The summed E-state index contributed by atoms with van der Waals surface area (Å²) in [5, 5.41) is 3.00. The van der Waals surface area contributed by atoms with E-state index in [9.17, 15) is 9.59 Å². The molecule has 0 radical (unpaired) electrons. The molecule has 2 aromatic rings. The van der Waals surface area contributed by atoms with Gasteiger partial charge in [0.05, 0.1) is 20.3 Å². The van der Waals surface area contributed by atoms with Crippen LogP contribution in [-0.2, 0) is 11.2 Å². The summed E-state index contributed by atoms with van der Waals surface area (Å²) in [6.45, 7) is 1.87. The molecule has 1 fully saturated rings. The summed E-state index contributed by atoms with van der Waals surface area (Å²) in [6.07, 6.45) is 3.42. The first-order valence-electron chi connectivity index (χ1n) is 10.3. The summed E-state index contributed by atoms with van der Waals surface area (Å²) in [4.78, 5) is 23.9. The SMILES string of the molecule is COc1ccc(-c2cccc3c2CCC3=O)c(OCC(NC(C)=O)C2CC2)c1OC. The normalized spacial score (nSPS) is 16.0. The summed E-state index contributed by atoms with van der Waals surface area (Å²) in [7, 11) is 3.17. The van der Waals surface area contributed by atoms with Crippen LogP contribution in [0.25, 0.3) is 11.1 Å². The fourth-order valence-electron chi connectivity index (χ4n) is 4.23. The van der Waals surface area contributed by atoms with Gasteiger partial charge in [0.15, 0.2) is 17.3 Å². The van der Waals surface area contributed by atoms with Gasteiger partial charge in [0.2, 0.25) is 11.7 Å². The molecule has 158 valence electrons. The van der Waals surface area contributed by atoms with Crippen molar-refractivity contribution in [2.45, 2.75) is 38.6 Å². The summed E-state index contributed by atoms with van der Waals surface area (Å²) in [6, 6.07) is 9.55. The second kappa shape index (κ2) is 8.38. The Balaban J connectivity index is 1.75. The lowest BCUT2D eigenvalue weighted by Gasteiger charge is -2.22. The Morgan fingerprint density at radius 3 is 2.47 bits per heavy atom. The summed E-state index contributed by atoms with van der Waals surface area (Å²) >= 11 is 0. The monoisotopic (exact) mass is 409 g/mol. The van der Waals surface area contributed by atoms with Crippen LogP contribution in [0.1, 0.15) is 42.1 Å². The molecule has 2 aromatic carbocycles. The first kappa shape index (κ1) is 20.3. The maximum atomic E-state index is 12.2. The van der Waals surface area contributed by atoms with Crippen LogP contribution in [0, 0.1) is 5.92 Å². The second-order valence-electron chi connectivity index (χ2n) is 7.89. The number of hydrogen-bond donors (Lipinski definition) is 1. The van der Waals surface area contributed by atoms with Gasteiger partial charge in [0.1, 0.15) is 6.61 Å². The number of ether oxygens (including phenoxy) is 3. The molecule has 0 bridgehead atoms. The van der Waals surface area contributed by atoms with Crippen LogP contribution in [0.4, 0.5) is 0 Å². The van der Waals surface area contributed by atoms with E-state index in [4.69, 9.17) is 14.2 Å². The highest BCUT2D eigenvalue weighted by Gasteiger charge is 2.33. The van der Waals surface area contributed by atoms with Crippen molar-refractivity contribution in [1.29, 1.82) is 0 Å². The van der Waals surface area contributed by atoms with Crippen molar-refractivity contribution in [3.05, 3.63) is 41.5 Å². The quantitative estimate of drug-likeness (QED) is 0.718. The lowest BCUT2D eigenvalue weighted by molar-refractivity contribution is -0.120. The molecule has 1 N–H and O–H groups in total. The van der Waals surface area contributed by atoms with Crippen molar-refractivity contribution in [3.8, 4) is 28.4 Å². The molecule has 1 unspecified atom stereocenters. The molecule has 1 atom stereocenters. The summed E-state index contributed by atoms with van der Waals surface area (Å²) < 4.78 is 17.4. The zero-order chi connectivity index (χ0) is 21.3. The van der Waals surface area contributed by atoms with E-state index in [1.165, 1.54) is 6.92 Å². The Hall–Kier alpha value is -3.02. The van der Waals surface area contributed by atoms with Crippen molar-refractivity contribution in [2.75, 3.05) is 20.8 Å². The van der Waals surface area contributed by atoms with Crippen LogP contribution >= 0.6 is 0 Å². The van der Waals surface area contributed by atoms with Gasteiger partial charge in [-0.3, -0.25) is 9.59 Å². The molecule has 0 spiro atoms. The van der Waals surface area contributed by atoms with Gasteiger partial charge in [-0.25, -0.2) is 0 Å². The van der Waals surface area contributed by atoms with E-state index in [1.54, 1.807) is 14.2 Å². The molecule has 2 aliphatic rings. The molecule has 6 nitrogen and oxygen atoms in total. The molecule has 4 rings (SSSR count). The van der Waals surface area contributed by atoms with Crippen LogP contribution in [-0.4, -0.2) is 38.6 Å². The predicted molar refractivity (Wildman–Crippen MR) is 113 cm³/mol. The predicted octanol–water partition coefficient (Wildman–Crippen LogP) is 3.79. The molecular formula is C24H27NO5. The van der Waals surface area contributed by atoms with Crippen LogP contribution in [0.3, 0.4) is 0 Å². The molecule has 30 heavy (non-hydrogen) atoms. The van der Waals surface area contributed by atoms with E-state index in [2.05, 4.69) is 5.32 Å². The maximum absolute atomic E-state index is 12.2. The molecule has 6 heteroatoms. The Labute approximate surface area is 176 Å². The van der Waals surface area contributed by atoms with Gasteiger partial charge in [0, 0.05) is 24.5 Å². The van der Waals surface area contributed by atoms with Crippen LogP contribution in [0.2, 0.25) is 0 Å². The average Bonchev–Trinajstić information content (AvgIpc) is 3.52. The van der Waals surface area contributed by atoms with Crippen LogP contribution < -0.4 is 19.5 Å². The number of carbonyl (C=O) groups is 2. The molecule has 0 aliphatic heterocycles. The van der Waals surface area contributed by atoms with Gasteiger partial charge >= 0.3 is 0 Å². The average molecular weight is 409 g/mol. The lowest BCUT2D eigenvalue weighted by Crippen LogP contribution is -2.39. The molecule has 0 aromatic heterocycles. The Morgan fingerprint density at radius 2 is 1.80 bits per heavy atom. The molecule has 2 aliphatic carbocycles. The van der Waals surface area contributed by atoms with Gasteiger partial charge in [-0.05, 0) is 48.4 Å². The number of rotatable bonds is 8. The van der Waals surface area contributed by atoms with Crippen LogP contribution in [0.15, 0.2) is 30.3 Å². The zero-order valence-corrected chi connectivity index (χ0v) is 17.6. The van der Waals surface area contributed by atoms with E-state index in [-0.39, 0.29) is 17.7 Å². The molecular weight excluding hydrogens is 382 g/mol. The highest BCUT2D eigenvalue weighted by atomic mass is 16.5. The van der Waals surface area contributed by atoms with E-state index in [0.717, 1.165) is 35.1 Å². The number of nitrogens with one attached hydrogen (secondary N) is 1. The number of benzene rings is 2. The first-order valence-corrected chi connectivity index (χ1v) is 10.3. The third kappa shape index (κ3) is 3.86. The number of hydrogen-bond acceptors (Lipinski definition) is 5. The maximum Gasteiger partial charge on any atom is 0.217 e. The van der Waals surface area contributed by atoms with Crippen molar-refractivity contribution < 1.29 is 23.8 Å². The third-order valence-electron chi connectivity index (χ3n) is 5.86. The van der Waals surface area contributed by atoms with E-state index < -0.39 is 0 Å².